The van der Waals surface area contributed by atoms with E-state index in [1.165, 1.54) is 0 Å². The van der Waals surface area contributed by atoms with Crippen LogP contribution in [0, 0.1) is 12.8 Å². The summed E-state index contributed by atoms with van der Waals surface area (Å²) < 4.78 is 5.59. The van der Waals surface area contributed by atoms with Crippen LogP contribution in [0.15, 0.2) is 24.3 Å². The molecular formula is C15H24N2O2. The zero-order valence-electron chi connectivity index (χ0n) is 12.0. The molecule has 0 aliphatic heterocycles. The van der Waals surface area contributed by atoms with Gasteiger partial charge in [-0.25, -0.2) is 0 Å². The number of carbonyl (C=O) groups is 1. The van der Waals surface area contributed by atoms with Gasteiger partial charge in [0.05, 0.1) is 12.6 Å². The van der Waals surface area contributed by atoms with Crippen molar-refractivity contribution in [3.8, 4) is 5.75 Å². The van der Waals surface area contributed by atoms with Gasteiger partial charge >= 0.3 is 0 Å². The van der Waals surface area contributed by atoms with E-state index in [2.05, 4.69) is 19.2 Å². The molecular weight excluding hydrogens is 240 g/mol. The van der Waals surface area contributed by atoms with E-state index >= 15 is 0 Å². The molecule has 19 heavy (non-hydrogen) atoms. The number of para-hydroxylation sites is 1. The summed E-state index contributed by atoms with van der Waals surface area (Å²) in [5, 5.41) is 2.79. The summed E-state index contributed by atoms with van der Waals surface area (Å²) in [6, 6.07) is 7.38. The van der Waals surface area contributed by atoms with Crippen molar-refractivity contribution in [2.75, 3.05) is 13.2 Å². The van der Waals surface area contributed by atoms with Gasteiger partial charge in [0.15, 0.2) is 0 Å². The Morgan fingerprint density at radius 1 is 1.37 bits per heavy atom. The van der Waals surface area contributed by atoms with E-state index in [0.29, 0.717) is 25.5 Å². The van der Waals surface area contributed by atoms with Gasteiger partial charge in [0, 0.05) is 0 Å². The average molecular weight is 264 g/mol. The van der Waals surface area contributed by atoms with Gasteiger partial charge in [-0.15, -0.1) is 0 Å². The molecule has 0 radical (unpaired) electrons. The Kier molecular flexibility index (Phi) is 6.36. The van der Waals surface area contributed by atoms with E-state index in [9.17, 15) is 4.79 Å². The molecule has 0 saturated carbocycles. The molecule has 0 unspecified atom stereocenters. The first-order chi connectivity index (χ1) is 9.00. The molecule has 0 aromatic heterocycles. The molecule has 106 valence electrons. The molecule has 0 spiro atoms. The molecule has 3 N–H and O–H groups in total. The molecule has 0 aliphatic rings. The lowest BCUT2D eigenvalue weighted by Gasteiger charge is -2.14. The second kappa shape index (κ2) is 7.79. The Bertz CT molecular complexity index is 405. The minimum Gasteiger partial charge on any atom is -0.491 e. The summed E-state index contributed by atoms with van der Waals surface area (Å²) in [6.07, 6.45) is 0.699. The first-order valence-corrected chi connectivity index (χ1v) is 6.72. The number of aryl methyl sites for hydroxylation is 1. The highest BCUT2D eigenvalue weighted by Crippen LogP contribution is 2.15. The predicted octanol–water partition coefficient (Wildman–Crippen LogP) is 1.86. The van der Waals surface area contributed by atoms with Crippen molar-refractivity contribution in [3.63, 3.8) is 0 Å². The molecule has 0 bridgehead atoms. The summed E-state index contributed by atoms with van der Waals surface area (Å²) >= 11 is 0. The van der Waals surface area contributed by atoms with Gasteiger partial charge in [-0.05, 0) is 30.9 Å². The van der Waals surface area contributed by atoms with Crippen molar-refractivity contribution < 1.29 is 9.53 Å². The lowest BCUT2D eigenvalue weighted by Crippen LogP contribution is -2.42. The van der Waals surface area contributed by atoms with Crippen LogP contribution in [0.4, 0.5) is 0 Å². The summed E-state index contributed by atoms with van der Waals surface area (Å²) in [5.41, 5.74) is 6.87. The zero-order valence-corrected chi connectivity index (χ0v) is 12.0. The number of ether oxygens (including phenoxy) is 1. The monoisotopic (exact) mass is 264 g/mol. The topological polar surface area (TPSA) is 64.3 Å². The van der Waals surface area contributed by atoms with Crippen LogP contribution in [0.1, 0.15) is 25.8 Å². The fourth-order valence-corrected chi connectivity index (χ4v) is 1.80. The number of amides is 1. The van der Waals surface area contributed by atoms with Crippen molar-refractivity contribution in [2.24, 2.45) is 11.7 Å². The molecule has 1 atom stereocenters. The number of hydrogen-bond donors (Lipinski definition) is 2. The second-order valence-electron chi connectivity index (χ2n) is 5.14. The van der Waals surface area contributed by atoms with E-state index in [0.717, 1.165) is 11.3 Å². The molecule has 1 aromatic rings. The quantitative estimate of drug-likeness (QED) is 0.739. The van der Waals surface area contributed by atoms with E-state index in [4.69, 9.17) is 10.5 Å². The Labute approximate surface area is 115 Å². The van der Waals surface area contributed by atoms with Crippen molar-refractivity contribution in [1.29, 1.82) is 0 Å². The molecule has 0 heterocycles. The maximum absolute atomic E-state index is 11.7. The third-order valence-corrected chi connectivity index (χ3v) is 2.81. The molecule has 4 heteroatoms. The van der Waals surface area contributed by atoms with E-state index in [1.54, 1.807) is 0 Å². The van der Waals surface area contributed by atoms with Gasteiger partial charge in [0.25, 0.3) is 0 Å². The van der Waals surface area contributed by atoms with Crippen LogP contribution in [0.3, 0.4) is 0 Å². The first kappa shape index (κ1) is 15.5. The van der Waals surface area contributed by atoms with Crippen LogP contribution in [0.25, 0.3) is 0 Å². The lowest BCUT2D eigenvalue weighted by atomic mass is 10.0. The van der Waals surface area contributed by atoms with Gasteiger partial charge in [-0.3, -0.25) is 4.79 Å². The molecule has 0 saturated heterocycles. The molecule has 0 fully saturated rings. The number of nitrogens with one attached hydrogen (secondary N) is 1. The van der Waals surface area contributed by atoms with Crippen molar-refractivity contribution in [3.05, 3.63) is 29.8 Å². The SMILES string of the molecule is Cc1ccccc1OCCNC(=O)[C@@H](N)CC(C)C. The summed E-state index contributed by atoms with van der Waals surface area (Å²) in [6.45, 7) is 7.01. The van der Waals surface area contributed by atoms with Crippen LogP contribution in [-0.2, 0) is 4.79 Å². The zero-order chi connectivity index (χ0) is 14.3. The average Bonchev–Trinajstić information content (AvgIpc) is 2.35. The maximum Gasteiger partial charge on any atom is 0.237 e. The van der Waals surface area contributed by atoms with E-state index < -0.39 is 6.04 Å². The second-order valence-corrected chi connectivity index (χ2v) is 5.14. The maximum atomic E-state index is 11.7. The van der Waals surface area contributed by atoms with Crippen LogP contribution in [0.5, 0.6) is 5.75 Å². The molecule has 1 amide bonds. The van der Waals surface area contributed by atoms with E-state index in [1.807, 2.05) is 31.2 Å². The van der Waals surface area contributed by atoms with Gasteiger partial charge in [0.2, 0.25) is 5.91 Å². The van der Waals surface area contributed by atoms with Gasteiger partial charge in [0.1, 0.15) is 12.4 Å². The number of nitrogens with two attached hydrogens (primary N) is 1. The Hall–Kier alpha value is -1.55. The Morgan fingerprint density at radius 2 is 2.05 bits per heavy atom. The third kappa shape index (κ3) is 5.75. The normalized spacial score (nSPS) is 12.3. The fourth-order valence-electron chi connectivity index (χ4n) is 1.80. The van der Waals surface area contributed by atoms with Crippen molar-refractivity contribution >= 4 is 5.91 Å². The fraction of sp³-hybridized carbons (Fsp3) is 0.533. The molecule has 4 nitrogen and oxygen atoms in total. The minimum absolute atomic E-state index is 0.109. The highest BCUT2D eigenvalue weighted by Gasteiger charge is 2.14. The Balaban J connectivity index is 2.24. The minimum atomic E-state index is -0.432. The van der Waals surface area contributed by atoms with Crippen molar-refractivity contribution in [1.82, 2.24) is 5.32 Å². The van der Waals surface area contributed by atoms with Crippen LogP contribution in [0.2, 0.25) is 0 Å². The van der Waals surface area contributed by atoms with E-state index in [-0.39, 0.29) is 5.91 Å². The number of carbonyl (C=O) groups excluding carboxylic acids is 1. The van der Waals surface area contributed by atoms with Crippen LogP contribution >= 0.6 is 0 Å². The molecule has 0 aliphatic carbocycles. The molecule has 1 aromatic carbocycles. The van der Waals surface area contributed by atoms with Crippen LogP contribution < -0.4 is 15.8 Å². The highest BCUT2D eigenvalue weighted by molar-refractivity contribution is 5.81. The summed E-state index contributed by atoms with van der Waals surface area (Å²) in [5.74, 6) is 1.16. The summed E-state index contributed by atoms with van der Waals surface area (Å²) in [7, 11) is 0. The Morgan fingerprint density at radius 3 is 2.68 bits per heavy atom. The third-order valence-electron chi connectivity index (χ3n) is 2.81. The number of hydrogen-bond acceptors (Lipinski definition) is 3. The number of benzene rings is 1. The van der Waals surface area contributed by atoms with Crippen molar-refractivity contribution in [2.45, 2.75) is 33.2 Å². The molecule has 1 rings (SSSR count). The lowest BCUT2D eigenvalue weighted by molar-refractivity contribution is -0.122. The van der Waals surface area contributed by atoms with Gasteiger partial charge in [-0.1, -0.05) is 32.0 Å². The summed E-state index contributed by atoms with van der Waals surface area (Å²) in [4.78, 5) is 11.7. The van der Waals surface area contributed by atoms with Crippen LogP contribution in [-0.4, -0.2) is 25.1 Å². The highest BCUT2D eigenvalue weighted by atomic mass is 16.5. The van der Waals surface area contributed by atoms with Gasteiger partial charge < -0.3 is 15.8 Å². The smallest absolute Gasteiger partial charge is 0.237 e. The largest absolute Gasteiger partial charge is 0.491 e. The standard InChI is InChI=1S/C15H24N2O2/c1-11(2)10-13(16)15(18)17-8-9-19-14-7-5-4-6-12(14)3/h4-7,11,13H,8-10,16H2,1-3H3,(H,17,18)/t13-/m0/s1. The number of rotatable bonds is 7. The van der Waals surface area contributed by atoms with Gasteiger partial charge in [-0.2, -0.15) is 0 Å². The predicted molar refractivity (Wildman–Crippen MR) is 77.1 cm³/mol. The first-order valence-electron chi connectivity index (χ1n) is 6.72.